The van der Waals surface area contributed by atoms with Gasteiger partial charge in [-0.3, -0.25) is 4.57 Å². The summed E-state index contributed by atoms with van der Waals surface area (Å²) in [6.45, 7) is 22.3. The third kappa shape index (κ3) is 7.24. The summed E-state index contributed by atoms with van der Waals surface area (Å²) in [5, 5.41) is 14.0. The normalized spacial score (nSPS) is 12.8. The summed E-state index contributed by atoms with van der Waals surface area (Å²) in [4.78, 5) is 14.9. The molecular weight excluding hydrogens is 781 g/mol. The lowest BCUT2D eigenvalue weighted by atomic mass is 10.1. The number of nitrogens with zero attached hydrogens (tertiary/aromatic N) is 4. The van der Waals surface area contributed by atoms with Gasteiger partial charge in [0.15, 0.2) is 11.5 Å². The number of aromatic hydroxyl groups is 1. The van der Waals surface area contributed by atoms with Gasteiger partial charge < -0.3 is 18.7 Å². The third-order valence-electron chi connectivity index (χ3n) is 11.5. The van der Waals surface area contributed by atoms with Crippen molar-refractivity contribution in [1.29, 1.82) is 0 Å². The van der Waals surface area contributed by atoms with Crippen LogP contribution in [0.15, 0.2) is 103 Å². The molecular formula is C45H48N4O4S2Si2. The number of rotatable bonds is 9. The van der Waals surface area contributed by atoms with Crippen LogP contribution in [0.4, 0.5) is 0 Å². The van der Waals surface area contributed by atoms with Gasteiger partial charge in [-0.25, -0.2) is 15.0 Å². The number of thiazole rings is 2. The molecule has 12 heteroatoms. The monoisotopic (exact) mass is 828 g/mol. The average molecular weight is 829 g/mol. The fraction of sp³-hybridized carbons (Fsp3) is 0.267. The Labute approximate surface area is 344 Å². The van der Waals surface area contributed by atoms with Crippen LogP contribution >= 0.6 is 22.7 Å². The Morgan fingerprint density at radius 2 is 1.18 bits per heavy atom. The van der Waals surface area contributed by atoms with Crippen LogP contribution in [-0.2, 0) is 0 Å². The first-order chi connectivity index (χ1) is 26.9. The first-order valence-corrected chi connectivity index (χ1v) is 26.6. The summed E-state index contributed by atoms with van der Waals surface area (Å²) in [5.41, 5.74) is 5.38. The minimum Gasteiger partial charge on any atom is -0.543 e. The smallest absolute Gasteiger partial charge is 0.250 e. The molecule has 8 aromatic rings. The number of ether oxygens (including phenoxy) is 1. The molecule has 3 heterocycles. The minimum atomic E-state index is -2.48. The molecule has 0 radical (unpaired) electrons. The number of benzene rings is 5. The van der Waals surface area contributed by atoms with Gasteiger partial charge in [-0.1, -0.05) is 77.9 Å². The molecule has 0 aliphatic rings. The second-order valence-corrected chi connectivity index (χ2v) is 29.0. The average Bonchev–Trinajstić information content (AvgIpc) is 3.89. The van der Waals surface area contributed by atoms with E-state index in [2.05, 4.69) is 73.8 Å². The Bertz CT molecular complexity index is 2730. The van der Waals surface area contributed by atoms with E-state index in [1.807, 2.05) is 95.6 Å². The van der Waals surface area contributed by atoms with Gasteiger partial charge in [0.2, 0.25) is 8.32 Å². The van der Waals surface area contributed by atoms with Crippen molar-refractivity contribution in [1.82, 2.24) is 19.5 Å². The molecule has 0 saturated carbocycles. The number of aromatic nitrogens is 4. The molecule has 292 valence electrons. The van der Waals surface area contributed by atoms with E-state index in [1.165, 1.54) is 11.3 Å². The number of para-hydroxylation sites is 4. The van der Waals surface area contributed by atoms with Gasteiger partial charge in [-0.05, 0) is 90.9 Å². The van der Waals surface area contributed by atoms with E-state index < -0.39 is 16.6 Å². The summed E-state index contributed by atoms with van der Waals surface area (Å²) in [6, 6.07) is 31.8. The second-order valence-electron chi connectivity index (χ2n) is 17.5. The van der Waals surface area contributed by atoms with Crippen molar-refractivity contribution in [3.05, 3.63) is 103 Å². The largest absolute Gasteiger partial charge is 0.543 e. The summed E-state index contributed by atoms with van der Waals surface area (Å²) in [7, 11) is -4.67. The van der Waals surface area contributed by atoms with E-state index in [4.69, 9.17) is 28.5 Å². The predicted octanol–water partition coefficient (Wildman–Crippen LogP) is 13.8. The number of phenolic OH excluding ortho intramolecular Hbond substituents is 1. The Morgan fingerprint density at radius 1 is 0.614 bits per heavy atom. The summed E-state index contributed by atoms with van der Waals surface area (Å²) in [6.07, 6.45) is 1.79. The second kappa shape index (κ2) is 14.1. The summed E-state index contributed by atoms with van der Waals surface area (Å²) in [5.74, 6) is 2.05. The Morgan fingerprint density at radius 3 is 1.81 bits per heavy atom. The van der Waals surface area contributed by atoms with Crippen molar-refractivity contribution in [2.24, 2.45) is 0 Å². The van der Waals surface area contributed by atoms with Gasteiger partial charge in [0.05, 0.1) is 42.6 Å². The standard InChI is InChI=1S/C45H48N4O4S2Si2/c1-44(2,3)56(7,8)52-28-23-24-34(29(25-28)42-47-31-18-12-15-21-37(31)54-42)51-36-26-35(53-57(9,10)45(4,5)6)40(49-27-46-30-17-11-14-20-33(30)49)39(41(36)50)43-48-32-19-13-16-22-38(32)55-43/h11-27,50H,1-10H3. The fourth-order valence-electron chi connectivity index (χ4n) is 6.14. The van der Waals surface area contributed by atoms with E-state index in [-0.39, 0.29) is 21.6 Å². The van der Waals surface area contributed by atoms with Crippen LogP contribution in [-0.4, -0.2) is 41.3 Å². The molecule has 0 fully saturated rings. The quantitative estimate of drug-likeness (QED) is 0.145. The molecule has 0 aliphatic carbocycles. The molecule has 0 aliphatic heterocycles. The van der Waals surface area contributed by atoms with Crippen molar-refractivity contribution in [3.63, 3.8) is 0 Å². The van der Waals surface area contributed by atoms with Gasteiger partial charge in [-0.15, -0.1) is 22.7 Å². The first kappa shape index (κ1) is 38.8. The number of phenols is 1. The molecule has 8 nitrogen and oxygen atoms in total. The molecule has 3 aromatic heterocycles. The number of fused-ring (bicyclic) bond motifs is 3. The van der Waals surface area contributed by atoms with Crippen LogP contribution in [0, 0.1) is 0 Å². The van der Waals surface area contributed by atoms with Crippen LogP contribution < -0.4 is 13.6 Å². The molecule has 0 amide bonds. The van der Waals surface area contributed by atoms with Crippen LogP contribution in [0.5, 0.6) is 28.7 Å². The lowest BCUT2D eigenvalue weighted by Gasteiger charge is -2.37. The SMILES string of the molecule is CC(C)(C)[Si](C)(C)Oc1ccc(Oc2cc(O[Si](C)(C)C(C)(C)C)c(-n3cnc4ccccc43)c(-c3nc4ccccc4s3)c2O)c(-c2nc3ccccc3s2)c1. The van der Waals surface area contributed by atoms with E-state index in [0.29, 0.717) is 27.8 Å². The Hall–Kier alpha value is -5.02. The van der Waals surface area contributed by atoms with E-state index in [9.17, 15) is 5.11 Å². The molecule has 0 saturated heterocycles. The van der Waals surface area contributed by atoms with E-state index in [0.717, 1.165) is 47.8 Å². The molecule has 0 atom stereocenters. The Kier molecular flexibility index (Phi) is 9.62. The highest BCUT2D eigenvalue weighted by Gasteiger charge is 2.41. The van der Waals surface area contributed by atoms with Crippen LogP contribution in [0.1, 0.15) is 41.5 Å². The number of imidazole rings is 1. The Balaban J connectivity index is 1.38. The van der Waals surface area contributed by atoms with Crippen molar-refractivity contribution >= 4 is 70.8 Å². The van der Waals surface area contributed by atoms with Gasteiger partial charge in [0.25, 0.3) is 8.32 Å². The van der Waals surface area contributed by atoms with Crippen LogP contribution in [0.2, 0.25) is 36.3 Å². The maximum atomic E-state index is 12.7. The highest BCUT2D eigenvalue weighted by Crippen LogP contribution is 2.53. The van der Waals surface area contributed by atoms with Crippen molar-refractivity contribution < 1.29 is 18.7 Å². The summed E-state index contributed by atoms with van der Waals surface area (Å²) < 4.78 is 25.1. The maximum Gasteiger partial charge on any atom is 0.250 e. The zero-order valence-corrected chi connectivity index (χ0v) is 37.7. The van der Waals surface area contributed by atoms with E-state index in [1.54, 1.807) is 17.7 Å². The first-order valence-electron chi connectivity index (χ1n) is 19.1. The molecule has 0 bridgehead atoms. The molecule has 8 rings (SSSR count). The van der Waals surface area contributed by atoms with Crippen molar-refractivity contribution in [2.45, 2.75) is 77.8 Å². The molecule has 5 aromatic carbocycles. The molecule has 57 heavy (non-hydrogen) atoms. The lowest BCUT2D eigenvalue weighted by molar-refractivity contribution is 0.408. The van der Waals surface area contributed by atoms with Gasteiger partial charge in [0.1, 0.15) is 39.3 Å². The van der Waals surface area contributed by atoms with Crippen molar-refractivity contribution in [3.8, 4) is 55.6 Å². The maximum absolute atomic E-state index is 12.7. The zero-order valence-electron chi connectivity index (χ0n) is 34.1. The zero-order chi connectivity index (χ0) is 40.5. The van der Waals surface area contributed by atoms with Gasteiger partial charge >= 0.3 is 0 Å². The van der Waals surface area contributed by atoms with E-state index >= 15 is 0 Å². The minimum absolute atomic E-state index is 0.00384. The lowest BCUT2D eigenvalue weighted by Crippen LogP contribution is -2.44. The van der Waals surface area contributed by atoms with Gasteiger partial charge in [-0.2, -0.15) is 0 Å². The molecule has 1 N–H and O–H groups in total. The van der Waals surface area contributed by atoms with Gasteiger partial charge in [0, 0.05) is 6.07 Å². The van der Waals surface area contributed by atoms with Crippen LogP contribution in [0.25, 0.3) is 58.3 Å². The van der Waals surface area contributed by atoms with Crippen molar-refractivity contribution in [2.75, 3.05) is 0 Å². The predicted molar refractivity (Wildman–Crippen MR) is 242 cm³/mol. The number of hydrogen-bond donors (Lipinski definition) is 1. The third-order valence-corrected chi connectivity index (χ3v) is 22.3. The topological polar surface area (TPSA) is 91.5 Å². The molecule has 0 unspecified atom stereocenters. The highest BCUT2D eigenvalue weighted by atomic mass is 32.1. The van der Waals surface area contributed by atoms with Crippen LogP contribution in [0.3, 0.4) is 0 Å². The molecule has 0 spiro atoms. The fourth-order valence-corrected chi connectivity index (χ4v) is 10.2. The highest BCUT2D eigenvalue weighted by molar-refractivity contribution is 7.22. The number of hydrogen-bond acceptors (Lipinski definition) is 9. The summed E-state index contributed by atoms with van der Waals surface area (Å²) >= 11 is 3.11.